The molecule has 1 amide bonds. The van der Waals surface area contributed by atoms with Gasteiger partial charge in [-0.25, -0.2) is 0 Å². The van der Waals surface area contributed by atoms with Gasteiger partial charge in [0.25, 0.3) is 5.91 Å². The van der Waals surface area contributed by atoms with Gasteiger partial charge in [0, 0.05) is 28.2 Å². The lowest BCUT2D eigenvalue weighted by Gasteiger charge is -2.10. The van der Waals surface area contributed by atoms with Gasteiger partial charge < -0.3 is 10.1 Å². The van der Waals surface area contributed by atoms with Gasteiger partial charge in [0.05, 0.1) is 5.56 Å². The highest BCUT2D eigenvalue weighted by atomic mass is 79.9. The largest absolute Gasteiger partial charge is 0.426 e. The molecule has 0 radical (unpaired) electrons. The molecular formula is C15H11BrClNO3. The number of hydrogen-bond acceptors (Lipinski definition) is 3. The van der Waals surface area contributed by atoms with Crippen LogP contribution in [0, 0.1) is 0 Å². The van der Waals surface area contributed by atoms with Gasteiger partial charge in [-0.2, -0.15) is 0 Å². The van der Waals surface area contributed by atoms with E-state index < -0.39 is 5.97 Å². The Labute approximate surface area is 135 Å². The SMILES string of the molecule is CC(=O)Oc1cc(Cl)ccc1C(=O)Nc1ccc(Br)cc1. The first kappa shape index (κ1) is 15.5. The molecule has 0 heterocycles. The normalized spacial score (nSPS) is 10.0. The quantitative estimate of drug-likeness (QED) is 0.650. The monoisotopic (exact) mass is 367 g/mol. The number of rotatable bonds is 3. The molecule has 0 spiro atoms. The number of carbonyl (C=O) groups excluding carboxylic acids is 2. The summed E-state index contributed by atoms with van der Waals surface area (Å²) in [5.74, 6) is -0.773. The van der Waals surface area contributed by atoms with Crippen LogP contribution < -0.4 is 10.1 Å². The Morgan fingerprint density at radius 1 is 1.14 bits per heavy atom. The maximum absolute atomic E-state index is 12.3. The number of nitrogens with one attached hydrogen (secondary N) is 1. The van der Waals surface area contributed by atoms with E-state index in [1.54, 1.807) is 18.2 Å². The molecule has 0 atom stereocenters. The second-order valence-corrected chi connectivity index (χ2v) is 5.55. The Balaban J connectivity index is 2.25. The van der Waals surface area contributed by atoms with Crippen molar-refractivity contribution >= 4 is 45.1 Å². The van der Waals surface area contributed by atoms with Crippen LogP contribution in [0.15, 0.2) is 46.9 Å². The lowest BCUT2D eigenvalue weighted by Crippen LogP contribution is -2.14. The van der Waals surface area contributed by atoms with E-state index in [4.69, 9.17) is 16.3 Å². The lowest BCUT2D eigenvalue weighted by molar-refractivity contribution is -0.131. The molecule has 0 saturated heterocycles. The molecule has 2 aromatic rings. The standard InChI is InChI=1S/C15H11BrClNO3/c1-9(19)21-14-8-11(17)4-7-13(14)15(20)18-12-5-2-10(16)3-6-12/h2-8H,1H3,(H,18,20). The number of esters is 1. The van der Waals surface area contributed by atoms with E-state index in [9.17, 15) is 9.59 Å². The topological polar surface area (TPSA) is 55.4 Å². The maximum atomic E-state index is 12.3. The van der Waals surface area contributed by atoms with Crippen LogP contribution in [0.3, 0.4) is 0 Å². The van der Waals surface area contributed by atoms with E-state index in [2.05, 4.69) is 21.2 Å². The smallest absolute Gasteiger partial charge is 0.308 e. The van der Waals surface area contributed by atoms with Gasteiger partial charge in [-0.05, 0) is 36.4 Å². The number of ether oxygens (including phenoxy) is 1. The van der Waals surface area contributed by atoms with Gasteiger partial charge in [-0.1, -0.05) is 27.5 Å². The Bertz CT molecular complexity index is 686. The van der Waals surface area contributed by atoms with Crippen molar-refractivity contribution in [1.82, 2.24) is 0 Å². The van der Waals surface area contributed by atoms with E-state index in [-0.39, 0.29) is 17.2 Å². The van der Waals surface area contributed by atoms with Gasteiger partial charge in [0.15, 0.2) is 0 Å². The molecular weight excluding hydrogens is 358 g/mol. The highest BCUT2D eigenvalue weighted by Gasteiger charge is 2.15. The number of anilines is 1. The van der Waals surface area contributed by atoms with E-state index in [1.165, 1.54) is 19.1 Å². The summed E-state index contributed by atoms with van der Waals surface area (Å²) < 4.78 is 5.92. The maximum Gasteiger partial charge on any atom is 0.308 e. The number of hydrogen-bond donors (Lipinski definition) is 1. The highest BCUT2D eigenvalue weighted by molar-refractivity contribution is 9.10. The zero-order valence-electron chi connectivity index (χ0n) is 11.0. The summed E-state index contributed by atoms with van der Waals surface area (Å²) in [4.78, 5) is 23.3. The van der Waals surface area contributed by atoms with Crippen molar-refractivity contribution in [2.75, 3.05) is 5.32 Å². The summed E-state index contributed by atoms with van der Waals surface area (Å²) in [6.45, 7) is 1.26. The van der Waals surface area contributed by atoms with Crippen molar-refractivity contribution in [2.24, 2.45) is 0 Å². The Kier molecular flexibility index (Phi) is 4.98. The van der Waals surface area contributed by atoms with Gasteiger partial charge in [-0.15, -0.1) is 0 Å². The molecule has 6 heteroatoms. The van der Waals surface area contributed by atoms with Crippen molar-refractivity contribution in [3.63, 3.8) is 0 Å². The first-order chi connectivity index (χ1) is 9.95. The van der Waals surface area contributed by atoms with Crippen LogP contribution in [0.4, 0.5) is 5.69 Å². The number of benzene rings is 2. The molecule has 0 fully saturated rings. The van der Waals surface area contributed by atoms with Crippen LogP contribution in [-0.4, -0.2) is 11.9 Å². The minimum atomic E-state index is -0.519. The molecule has 4 nitrogen and oxygen atoms in total. The molecule has 0 saturated carbocycles. The fraction of sp³-hybridized carbons (Fsp3) is 0.0667. The van der Waals surface area contributed by atoms with Gasteiger partial charge in [0.2, 0.25) is 0 Å². The summed E-state index contributed by atoms with van der Waals surface area (Å²) in [6.07, 6.45) is 0. The second-order valence-electron chi connectivity index (χ2n) is 4.20. The third-order valence-corrected chi connectivity index (χ3v) is 3.31. The van der Waals surface area contributed by atoms with Gasteiger partial charge in [-0.3, -0.25) is 9.59 Å². The van der Waals surface area contributed by atoms with Crippen LogP contribution in [0.2, 0.25) is 5.02 Å². The summed E-state index contributed by atoms with van der Waals surface area (Å²) >= 11 is 9.17. The summed E-state index contributed by atoms with van der Waals surface area (Å²) in [7, 11) is 0. The van der Waals surface area contributed by atoms with Crippen molar-refractivity contribution in [3.8, 4) is 5.75 Å². The molecule has 2 rings (SSSR count). The first-order valence-electron chi connectivity index (χ1n) is 6.00. The Morgan fingerprint density at radius 2 is 1.81 bits per heavy atom. The molecule has 0 aliphatic carbocycles. The molecule has 0 aliphatic rings. The summed E-state index contributed by atoms with van der Waals surface area (Å²) in [6, 6.07) is 11.6. The van der Waals surface area contributed by atoms with Crippen molar-refractivity contribution in [3.05, 3.63) is 57.5 Å². The number of carbonyl (C=O) groups is 2. The average Bonchev–Trinajstić information content (AvgIpc) is 2.40. The minimum absolute atomic E-state index is 0.129. The van der Waals surface area contributed by atoms with Crippen LogP contribution in [0.1, 0.15) is 17.3 Å². The molecule has 0 aromatic heterocycles. The average molecular weight is 369 g/mol. The number of halogens is 2. The molecule has 108 valence electrons. The fourth-order valence-corrected chi connectivity index (χ4v) is 2.08. The van der Waals surface area contributed by atoms with Crippen LogP contribution in [0.25, 0.3) is 0 Å². The zero-order chi connectivity index (χ0) is 15.4. The molecule has 21 heavy (non-hydrogen) atoms. The van der Waals surface area contributed by atoms with E-state index >= 15 is 0 Å². The summed E-state index contributed by atoms with van der Waals surface area (Å²) in [5, 5.41) is 3.11. The molecule has 0 aliphatic heterocycles. The van der Waals surface area contributed by atoms with E-state index in [1.807, 2.05) is 12.1 Å². The lowest BCUT2D eigenvalue weighted by atomic mass is 10.2. The second kappa shape index (κ2) is 6.74. The molecule has 2 aromatic carbocycles. The van der Waals surface area contributed by atoms with Gasteiger partial charge >= 0.3 is 5.97 Å². The van der Waals surface area contributed by atoms with E-state index in [0.29, 0.717) is 10.7 Å². The molecule has 0 bridgehead atoms. The molecule has 1 N–H and O–H groups in total. The van der Waals surface area contributed by atoms with Crippen LogP contribution >= 0.6 is 27.5 Å². The summed E-state index contributed by atoms with van der Waals surface area (Å²) in [5.41, 5.74) is 0.865. The predicted molar refractivity (Wildman–Crippen MR) is 84.9 cm³/mol. The highest BCUT2D eigenvalue weighted by Crippen LogP contribution is 2.25. The third kappa shape index (κ3) is 4.31. The van der Waals surface area contributed by atoms with Crippen LogP contribution in [-0.2, 0) is 4.79 Å². The third-order valence-electron chi connectivity index (χ3n) is 2.54. The minimum Gasteiger partial charge on any atom is -0.426 e. The van der Waals surface area contributed by atoms with Crippen molar-refractivity contribution < 1.29 is 14.3 Å². The van der Waals surface area contributed by atoms with Crippen molar-refractivity contribution in [2.45, 2.75) is 6.92 Å². The van der Waals surface area contributed by atoms with E-state index in [0.717, 1.165) is 4.47 Å². The molecule has 0 unspecified atom stereocenters. The Morgan fingerprint density at radius 3 is 2.43 bits per heavy atom. The fourth-order valence-electron chi connectivity index (χ4n) is 1.65. The zero-order valence-corrected chi connectivity index (χ0v) is 13.4. The first-order valence-corrected chi connectivity index (χ1v) is 7.17. The number of amides is 1. The van der Waals surface area contributed by atoms with Crippen LogP contribution in [0.5, 0.6) is 5.75 Å². The Hall–Kier alpha value is -1.85. The van der Waals surface area contributed by atoms with Gasteiger partial charge in [0.1, 0.15) is 5.75 Å². The van der Waals surface area contributed by atoms with Crippen molar-refractivity contribution in [1.29, 1.82) is 0 Å². The predicted octanol–water partition coefficient (Wildman–Crippen LogP) is 4.28.